The molecule has 1 aromatic carbocycles. The molecule has 1 fully saturated rings. The number of quaternary nitrogens is 1. The Bertz CT molecular complexity index is 629. The fourth-order valence-electron chi connectivity index (χ4n) is 2.93. The van der Waals surface area contributed by atoms with Gasteiger partial charge in [0.25, 0.3) is 0 Å². The van der Waals surface area contributed by atoms with E-state index in [1.54, 1.807) is 25.1 Å². The Labute approximate surface area is 155 Å². The smallest absolute Gasteiger partial charge is 0.462 e. The molecule has 0 saturated carbocycles. The van der Waals surface area contributed by atoms with Crippen LogP contribution in [-0.2, 0) is 20.9 Å². The lowest BCUT2D eigenvalue weighted by Crippen LogP contribution is -2.56. The highest BCUT2D eigenvalue weighted by atomic mass is 16.8. The number of nitrogens with zero attached hydrogens (tertiary/aromatic N) is 1. The standard InChI is InChI=1S/C20H30NO5/c1-5-24-18(22)17-11-9-10-16(14-17)15-25-21(12-7-6-8-13-21)19(23)26-20(2,3)4/h9-11,14H,5-8,12-13,15H2,1-4H3/q+1. The summed E-state index contributed by atoms with van der Waals surface area (Å²) in [5.74, 6) is -0.358. The molecule has 0 unspecified atom stereocenters. The van der Waals surface area contributed by atoms with Crippen molar-refractivity contribution in [1.82, 2.24) is 0 Å². The number of ether oxygens (including phenoxy) is 2. The van der Waals surface area contributed by atoms with Gasteiger partial charge in [-0.15, -0.1) is 0 Å². The molecule has 1 amide bonds. The predicted molar refractivity (Wildman–Crippen MR) is 97.3 cm³/mol. The molecule has 0 atom stereocenters. The minimum atomic E-state index is -0.563. The van der Waals surface area contributed by atoms with E-state index in [1.165, 1.54) is 0 Å². The first kappa shape index (κ1) is 20.4. The van der Waals surface area contributed by atoms with Gasteiger partial charge < -0.3 is 9.47 Å². The molecule has 0 bridgehead atoms. The Morgan fingerprint density at radius 3 is 2.42 bits per heavy atom. The van der Waals surface area contributed by atoms with Gasteiger partial charge in [-0.05, 0) is 51.8 Å². The largest absolute Gasteiger partial charge is 0.550 e. The van der Waals surface area contributed by atoms with Gasteiger partial charge in [0.2, 0.25) is 0 Å². The van der Waals surface area contributed by atoms with Crippen molar-refractivity contribution in [3.63, 3.8) is 0 Å². The minimum Gasteiger partial charge on any atom is -0.462 e. The zero-order chi connectivity index (χ0) is 19.2. The van der Waals surface area contributed by atoms with Crippen LogP contribution in [-0.4, -0.2) is 42.0 Å². The topological polar surface area (TPSA) is 61.8 Å². The number of carbonyl (C=O) groups is 2. The maximum atomic E-state index is 12.8. The second-order valence-electron chi connectivity index (χ2n) is 7.57. The van der Waals surface area contributed by atoms with E-state index in [1.807, 2.05) is 26.8 Å². The van der Waals surface area contributed by atoms with Crippen LogP contribution >= 0.6 is 0 Å². The summed E-state index contributed by atoms with van der Waals surface area (Å²) in [4.78, 5) is 30.7. The number of piperidine rings is 1. The van der Waals surface area contributed by atoms with E-state index in [9.17, 15) is 9.59 Å². The van der Waals surface area contributed by atoms with E-state index >= 15 is 0 Å². The van der Waals surface area contributed by atoms with Gasteiger partial charge in [0.1, 0.15) is 25.3 Å². The number of amides is 1. The van der Waals surface area contributed by atoms with Crippen molar-refractivity contribution in [2.24, 2.45) is 0 Å². The Balaban J connectivity index is 2.11. The highest BCUT2D eigenvalue weighted by Crippen LogP contribution is 2.25. The first-order valence-corrected chi connectivity index (χ1v) is 9.27. The summed E-state index contributed by atoms with van der Waals surface area (Å²) in [6.07, 6.45) is 2.58. The third-order valence-corrected chi connectivity index (χ3v) is 4.18. The highest BCUT2D eigenvalue weighted by molar-refractivity contribution is 5.89. The molecule has 0 N–H and O–H groups in total. The Kier molecular flexibility index (Phi) is 6.78. The number of likely N-dealkylation sites (tertiary alicyclic amines) is 1. The lowest BCUT2D eigenvalue weighted by molar-refractivity contribution is -1.05. The van der Waals surface area contributed by atoms with Gasteiger partial charge in [-0.1, -0.05) is 16.8 Å². The van der Waals surface area contributed by atoms with Crippen LogP contribution in [0.25, 0.3) is 0 Å². The number of hydrogen-bond donors (Lipinski definition) is 0. The highest BCUT2D eigenvalue weighted by Gasteiger charge is 2.44. The molecule has 6 nitrogen and oxygen atoms in total. The van der Waals surface area contributed by atoms with Crippen LogP contribution in [0.4, 0.5) is 4.79 Å². The average Bonchev–Trinajstić information content (AvgIpc) is 2.60. The van der Waals surface area contributed by atoms with E-state index in [0.717, 1.165) is 24.8 Å². The van der Waals surface area contributed by atoms with E-state index in [0.29, 0.717) is 25.3 Å². The molecule has 1 aliphatic rings. The fourth-order valence-corrected chi connectivity index (χ4v) is 2.93. The van der Waals surface area contributed by atoms with Crippen LogP contribution < -0.4 is 0 Å². The van der Waals surface area contributed by atoms with Crippen LogP contribution in [0.15, 0.2) is 24.3 Å². The van der Waals surface area contributed by atoms with Crippen LogP contribution in [0.3, 0.4) is 0 Å². The van der Waals surface area contributed by atoms with Crippen molar-refractivity contribution in [3.05, 3.63) is 35.4 Å². The van der Waals surface area contributed by atoms with Crippen molar-refractivity contribution in [2.75, 3.05) is 19.7 Å². The van der Waals surface area contributed by atoms with Crippen molar-refractivity contribution in [3.8, 4) is 0 Å². The molecule has 1 aliphatic heterocycles. The van der Waals surface area contributed by atoms with Gasteiger partial charge in [0.15, 0.2) is 0 Å². The van der Waals surface area contributed by atoms with Crippen molar-refractivity contribution in [1.29, 1.82) is 0 Å². The van der Waals surface area contributed by atoms with Crippen LogP contribution in [0.1, 0.15) is 62.9 Å². The van der Waals surface area contributed by atoms with Crippen molar-refractivity contribution >= 4 is 12.1 Å². The van der Waals surface area contributed by atoms with Crippen LogP contribution in [0.2, 0.25) is 0 Å². The number of rotatable bonds is 5. The lowest BCUT2D eigenvalue weighted by atomic mass is 10.1. The summed E-state index contributed by atoms with van der Waals surface area (Å²) in [7, 11) is 0. The van der Waals surface area contributed by atoms with Crippen LogP contribution in [0, 0.1) is 0 Å². The van der Waals surface area contributed by atoms with Crippen molar-refractivity contribution < 1.29 is 28.5 Å². The zero-order valence-corrected chi connectivity index (χ0v) is 16.2. The molecule has 6 heteroatoms. The summed E-state index contributed by atoms with van der Waals surface area (Å²) in [5.41, 5.74) is 0.741. The quantitative estimate of drug-likeness (QED) is 0.578. The summed E-state index contributed by atoms with van der Waals surface area (Å²) in [6.45, 7) is 9.11. The zero-order valence-electron chi connectivity index (χ0n) is 16.2. The normalized spacial score (nSPS) is 16.8. The molecule has 0 aliphatic carbocycles. The van der Waals surface area contributed by atoms with Gasteiger partial charge in [0.05, 0.1) is 12.2 Å². The number of esters is 1. The van der Waals surface area contributed by atoms with Crippen LogP contribution in [0.5, 0.6) is 0 Å². The molecule has 144 valence electrons. The first-order valence-electron chi connectivity index (χ1n) is 9.27. The van der Waals surface area contributed by atoms with E-state index in [2.05, 4.69) is 0 Å². The Morgan fingerprint density at radius 1 is 1.12 bits per heavy atom. The van der Waals surface area contributed by atoms with Crippen molar-refractivity contribution in [2.45, 2.75) is 59.2 Å². The van der Waals surface area contributed by atoms with Gasteiger partial charge in [0, 0.05) is 12.8 Å². The number of benzene rings is 1. The molecule has 0 spiro atoms. The van der Waals surface area contributed by atoms with E-state index < -0.39 is 5.60 Å². The number of carbonyl (C=O) groups excluding carboxylic acids is 2. The fraction of sp³-hybridized carbons (Fsp3) is 0.600. The second-order valence-corrected chi connectivity index (χ2v) is 7.57. The molecule has 0 radical (unpaired) electrons. The maximum Gasteiger partial charge on any atom is 0.550 e. The van der Waals surface area contributed by atoms with E-state index in [-0.39, 0.29) is 23.3 Å². The number of hydrogen-bond acceptors (Lipinski definition) is 5. The predicted octanol–water partition coefficient (Wildman–Crippen LogP) is 4.23. The van der Waals surface area contributed by atoms with E-state index in [4.69, 9.17) is 14.3 Å². The molecular formula is C20H30NO5+. The molecule has 1 heterocycles. The minimum absolute atomic E-state index is 0.124. The number of hydroxylamine groups is 3. The summed E-state index contributed by atoms with van der Waals surface area (Å²) < 4.78 is 10.5. The molecule has 0 aromatic heterocycles. The summed E-state index contributed by atoms with van der Waals surface area (Å²) in [6, 6.07) is 7.12. The SMILES string of the molecule is CCOC(=O)c1cccc(CO[N+]2(C(=O)OC(C)(C)C)CCCCC2)c1. The summed E-state index contributed by atoms with van der Waals surface area (Å²) >= 11 is 0. The van der Waals surface area contributed by atoms with Gasteiger partial charge in [-0.2, -0.15) is 9.63 Å². The lowest BCUT2D eigenvalue weighted by Gasteiger charge is -2.36. The Hall–Kier alpha value is -1.92. The third kappa shape index (κ3) is 5.54. The second kappa shape index (κ2) is 8.64. The van der Waals surface area contributed by atoms with Gasteiger partial charge in [-0.25, -0.2) is 4.79 Å². The molecule has 26 heavy (non-hydrogen) atoms. The first-order chi connectivity index (χ1) is 12.3. The molecular weight excluding hydrogens is 334 g/mol. The molecule has 1 saturated heterocycles. The van der Waals surface area contributed by atoms with Gasteiger partial charge in [-0.3, -0.25) is 0 Å². The average molecular weight is 364 g/mol. The summed E-state index contributed by atoms with van der Waals surface area (Å²) in [5, 5.41) is 0. The molecule has 2 rings (SSSR count). The van der Waals surface area contributed by atoms with Gasteiger partial charge >= 0.3 is 12.1 Å². The third-order valence-electron chi connectivity index (χ3n) is 4.18. The maximum absolute atomic E-state index is 12.8. The molecule has 1 aromatic rings. The monoisotopic (exact) mass is 364 g/mol. The Morgan fingerprint density at radius 2 is 1.81 bits per heavy atom.